The van der Waals surface area contributed by atoms with Gasteiger partial charge in [-0.1, -0.05) is 24.3 Å². The molecule has 0 radical (unpaired) electrons. The Kier molecular flexibility index (Phi) is 4.05. The van der Waals surface area contributed by atoms with Crippen molar-refractivity contribution in [2.24, 2.45) is 7.05 Å². The third-order valence-corrected chi connectivity index (χ3v) is 5.19. The highest BCUT2D eigenvalue weighted by atomic mass is 32.2. The molecule has 4 rings (SSSR count). The Labute approximate surface area is 154 Å². The molecule has 0 spiro atoms. The lowest BCUT2D eigenvalue weighted by Gasteiger charge is -2.08. The predicted octanol–water partition coefficient (Wildman–Crippen LogP) is 3.99. The van der Waals surface area contributed by atoms with E-state index in [0.29, 0.717) is 11.1 Å². The summed E-state index contributed by atoms with van der Waals surface area (Å²) in [6.45, 7) is 0. The molecule has 0 fully saturated rings. The fourth-order valence-electron chi connectivity index (χ4n) is 3.20. The summed E-state index contributed by atoms with van der Waals surface area (Å²) in [7, 11) is 1.81. The number of para-hydroxylation sites is 1. The zero-order valence-electron chi connectivity index (χ0n) is 14.4. The number of nitrogens with one attached hydrogen (secondary N) is 2. The summed E-state index contributed by atoms with van der Waals surface area (Å²) in [6, 6.07) is 16.9. The van der Waals surface area contributed by atoms with Crippen LogP contribution in [0.5, 0.6) is 0 Å². The number of aromatic amines is 1. The molecule has 2 heterocycles. The number of thioether (sulfide) groups is 1. The molecular formula is C20H17N3O2S. The molecule has 0 aliphatic carbocycles. The number of amides is 1. The standard InChI is InChI=1S/C20H17N3O2S/c1-23-17(20(25)21-12-6-5-7-13(10-12)26-2)11-15-18(23)14-8-3-4-9-16(14)22-19(15)24/h3-11H,1-2H3,(H,21,25)(H,22,24). The highest BCUT2D eigenvalue weighted by Gasteiger charge is 2.17. The summed E-state index contributed by atoms with van der Waals surface area (Å²) < 4.78 is 1.78. The van der Waals surface area contributed by atoms with Gasteiger partial charge in [-0.15, -0.1) is 11.8 Å². The maximum Gasteiger partial charge on any atom is 0.272 e. The van der Waals surface area contributed by atoms with Gasteiger partial charge in [0.15, 0.2) is 0 Å². The molecule has 0 unspecified atom stereocenters. The van der Waals surface area contributed by atoms with Gasteiger partial charge in [0, 0.05) is 23.0 Å². The average Bonchev–Trinajstić information content (AvgIpc) is 3.00. The monoisotopic (exact) mass is 363 g/mol. The van der Waals surface area contributed by atoms with E-state index in [1.54, 1.807) is 29.4 Å². The highest BCUT2D eigenvalue weighted by molar-refractivity contribution is 7.98. The van der Waals surface area contributed by atoms with Crippen LogP contribution in [-0.2, 0) is 7.05 Å². The molecule has 2 N–H and O–H groups in total. The molecule has 0 bridgehead atoms. The van der Waals surface area contributed by atoms with E-state index in [2.05, 4.69) is 10.3 Å². The first-order valence-corrected chi connectivity index (χ1v) is 9.37. The van der Waals surface area contributed by atoms with E-state index < -0.39 is 0 Å². The van der Waals surface area contributed by atoms with Crippen LogP contribution >= 0.6 is 11.8 Å². The molecule has 1 amide bonds. The number of carbonyl (C=O) groups is 1. The zero-order valence-corrected chi connectivity index (χ0v) is 15.2. The van der Waals surface area contributed by atoms with E-state index in [-0.39, 0.29) is 11.5 Å². The van der Waals surface area contributed by atoms with Crippen LogP contribution in [0.2, 0.25) is 0 Å². The Bertz CT molecular complexity index is 1210. The van der Waals surface area contributed by atoms with E-state index in [1.807, 2.05) is 54.8 Å². The zero-order chi connectivity index (χ0) is 18.3. The predicted molar refractivity (Wildman–Crippen MR) is 107 cm³/mol. The fraction of sp³-hybridized carbons (Fsp3) is 0.100. The molecule has 0 aliphatic rings. The van der Waals surface area contributed by atoms with Gasteiger partial charge in [-0.25, -0.2) is 0 Å². The van der Waals surface area contributed by atoms with Crippen molar-refractivity contribution in [3.63, 3.8) is 0 Å². The Morgan fingerprint density at radius 3 is 2.69 bits per heavy atom. The normalized spacial score (nSPS) is 11.2. The molecule has 4 aromatic rings. The molecule has 0 aliphatic heterocycles. The molecule has 0 saturated heterocycles. The van der Waals surface area contributed by atoms with Crippen LogP contribution in [0.15, 0.2) is 64.3 Å². The summed E-state index contributed by atoms with van der Waals surface area (Å²) in [5.41, 5.74) is 2.48. The number of aryl methyl sites for hydroxylation is 1. The molecule has 0 saturated carbocycles. The number of hydrogen-bond donors (Lipinski definition) is 2. The van der Waals surface area contributed by atoms with Gasteiger partial charge in [0.05, 0.1) is 16.4 Å². The van der Waals surface area contributed by atoms with Gasteiger partial charge in [-0.05, 0) is 36.6 Å². The van der Waals surface area contributed by atoms with Crippen LogP contribution in [0.25, 0.3) is 21.8 Å². The Hall–Kier alpha value is -2.99. The van der Waals surface area contributed by atoms with Crippen molar-refractivity contribution in [1.29, 1.82) is 0 Å². The molecule has 2 aromatic heterocycles. The number of carbonyl (C=O) groups excluding carboxylic acids is 1. The molecule has 26 heavy (non-hydrogen) atoms. The minimum atomic E-state index is -0.245. The topological polar surface area (TPSA) is 66.9 Å². The van der Waals surface area contributed by atoms with Gasteiger partial charge in [0.1, 0.15) is 5.69 Å². The first kappa shape index (κ1) is 16.5. The molecule has 2 aromatic carbocycles. The van der Waals surface area contributed by atoms with Crippen LogP contribution < -0.4 is 10.9 Å². The van der Waals surface area contributed by atoms with E-state index in [4.69, 9.17) is 0 Å². The van der Waals surface area contributed by atoms with Crippen LogP contribution in [0.1, 0.15) is 10.5 Å². The minimum Gasteiger partial charge on any atom is -0.339 e. The summed E-state index contributed by atoms with van der Waals surface area (Å²) >= 11 is 1.61. The van der Waals surface area contributed by atoms with Crippen LogP contribution in [-0.4, -0.2) is 21.7 Å². The lowest BCUT2D eigenvalue weighted by atomic mass is 10.1. The van der Waals surface area contributed by atoms with Crippen molar-refractivity contribution in [2.45, 2.75) is 4.90 Å². The number of hydrogen-bond acceptors (Lipinski definition) is 3. The number of anilines is 1. The Morgan fingerprint density at radius 1 is 1.08 bits per heavy atom. The Morgan fingerprint density at radius 2 is 1.88 bits per heavy atom. The maximum atomic E-state index is 12.8. The largest absolute Gasteiger partial charge is 0.339 e. The van der Waals surface area contributed by atoms with Crippen LogP contribution in [0.3, 0.4) is 0 Å². The van der Waals surface area contributed by atoms with E-state index >= 15 is 0 Å². The second kappa shape index (κ2) is 6.38. The van der Waals surface area contributed by atoms with Crippen molar-refractivity contribution in [2.75, 3.05) is 11.6 Å². The van der Waals surface area contributed by atoms with Crippen molar-refractivity contribution < 1.29 is 4.79 Å². The second-order valence-corrected chi connectivity index (χ2v) is 6.92. The lowest BCUT2D eigenvalue weighted by Crippen LogP contribution is -2.15. The first-order chi connectivity index (χ1) is 12.6. The Balaban J connectivity index is 1.83. The number of H-pyrrole nitrogens is 1. The van der Waals surface area contributed by atoms with Crippen molar-refractivity contribution in [3.05, 3.63) is 70.6 Å². The molecular weight excluding hydrogens is 346 g/mol. The molecule has 5 nitrogen and oxygen atoms in total. The first-order valence-electron chi connectivity index (χ1n) is 8.14. The van der Waals surface area contributed by atoms with Gasteiger partial charge in [0.2, 0.25) is 0 Å². The maximum absolute atomic E-state index is 12.8. The van der Waals surface area contributed by atoms with Crippen LogP contribution in [0.4, 0.5) is 5.69 Å². The summed E-state index contributed by atoms with van der Waals surface area (Å²) in [5, 5.41) is 4.34. The average molecular weight is 363 g/mol. The van der Waals surface area contributed by atoms with Gasteiger partial charge >= 0.3 is 0 Å². The van der Waals surface area contributed by atoms with Crippen LogP contribution in [0, 0.1) is 0 Å². The van der Waals surface area contributed by atoms with Gasteiger partial charge in [-0.2, -0.15) is 0 Å². The number of fused-ring (bicyclic) bond motifs is 3. The third-order valence-electron chi connectivity index (χ3n) is 4.47. The summed E-state index contributed by atoms with van der Waals surface area (Å²) in [6.07, 6.45) is 1.99. The number of benzene rings is 2. The number of pyridine rings is 1. The van der Waals surface area contributed by atoms with E-state index in [1.165, 1.54) is 0 Å². The van der Waals surface area contributed by atoms with Gasteiger partial charge in [-0.3, -0.25) is 9.59 Å². The minimum absolute atomic E-state index is 0.197. The molecule has 130 valence electrons. The van der Waals surface area contributed by atoms with Crippen molar-refractivity contribution in [1.82, 2.24) is 9.55 Å². The third kappa shape index (κ3) is 2.68. The number of aromatic nitrogens is 2. The lowest BCUT2D eigenvalue weighted by molar-refractivity contribution is 0.102. The fourth-order valence-corrected chi connectivity index (χ4v) is 3.66. The quantitative estimate of drug-likeness (QED) is 0.541. The highest BCUT2D eigenvalue weighted by Crippen LogP contribution is 2.25. The number of rotatable bonds is 3. The van der Waals surface area contributed by atoms with Gasteiger partial charge in [0.25, 0.3) is 11.5 Å². The summed E-state index contributed by atoms with van der Waals surface area (Å²) in [4.78, 5) is 29.2. The van der Waals surface area contributed by atoms with Crippen molar-refractivity contribution >= 4 is 45.2 Å². The van der Waals surface area contributed by atoms with E-state index in [0.717, 1.165) is 27.0 Å². The SMILES string of the molecule is CSc1cccc(NC(=O)c2cc3c(=O)[nH]c4ccccc4c3n2C)c1. The second-order valence-electron chi connectivity index (χ2n) is 6.04. The van der Waals surface area contributed by atoms with E-state index in [9.17, 15) is 9.59 Å². The molecule has 6 heteroatoms. The van der Waals surface area contributed by atoms with Gasteiger partial charge < -0.3 is 14.9 Å². The summed E-state index contributed by atoms with van der Waals surface area (Å²) in [5.74, 6) is -0.245. The van der Waals surface area contributed by atoms with Crippen molar-refractivity contribution in [3.8, 4) is 0 Å². The smallest absolute Gasteiger partial charge is 0.272 e. The number of nitrogens with zero attached hydrogens (tertiary/aromatic N) is 1. The molecule has 0 atom stereocenters.